The van der Waals surface area contributed by atoms with Crippen molar-refractivity contribution >= 4 is 29.0 Å². The van der Waals surface area contributed by atoms with Crippen LogP contribution in [-0.2, 0) is 16.0 Å². The summed E-state index contributed by atoms with van der Waals surface area (Å²) in [4.78, 5) is 14.2. The number of carbonyl (C=O) groups excluding carboxylic acids is 1. The molecule has 98 valence electrons. The summed E-state index contributed by atoms with van der Waals surface area (Å²) < 4.78 is 5.84. The van der Waals surface area contributed by atoms with Gasteiger partial charge in [-0.2, -0.15) is 11.3 Å². The molecule has 1 amide bonds. The van der Waals surface area contributed by atoms with Crippen molar-refractivity contribution in [1.29, 1.82) is 0 Å². The maximum absolute atomic E-state index is 12.2. The van der Waals surface area contributed by atoms with Crippen LogP contribution >= 0.6 is 23.1 Å². The number of amides is 1. The predicted octanol–water partition coefficient (Wildman–Crippen LogP) is 2.37. The minimum atomic E-state index is 0.0269. The Hall–Kier alpha value is -0.520. The fraction of sp³-hybridized carbons (Fsp3) is 0.615. The van der Waals surface area contributed by atoms with Crippen LogP contribution in [0.1, 0.15) is 18.4 Å². The number of piperidine rings is 1. The van der Waals surface area contributed by atoms with Gasteiger partial charge in [-0.25, -0.2) is 0 Å². The molecular weight excluding hydrogens is 266 g/mol. The van der Waals surface area contributed by atoms with Crippen LogP contribution in [-0.4, -0.2) is 41.2 Å². The zero-order valence-corrected chi connectivity index (χ0v) is 11.9. The Morgan fingerprint density at radius 2 is 2.28 bits per heavy atom. The fourth-order valence-corrected chi connectivity index (χ4v) is 4.41. The smallest absolute Gasteiger partial charge is 0.227 e. The van der Waals surface area contributed by atoms with E-state index < -0.39 is 0 Å². The number of hydrogen-bond donors (Lipinski definition) is 0. The van der Waals surface area contributed by atoms with E-state index in [0.717, 1.165) is 43.9 Å². The lowest BCUT2D eigenvalue weighted by atomic mass is 10.1. The van der Waals surface area contributed by atoms with E-state index in [4.69, 9.17) is 4.74 Å². The third-order valence-electron chi connectivity index (χ3n) is 3.63. The normalized spacial score (nSPS) is 22.6. The van der Waals surface area contributed by atoms with Crippen molar-refractivity contribution in [3.8, 4) is 0 Å². The number of nitrogens with zero attached hydrogens (tertiary/aromatic N) is 1. The summed E-state index contributed by atoms with van der Waals surface area (Å²) in [5, 5.41) is 4.08. The monoisotopic (exact) mass is 283 g/mol. The van der Waals surface area contributed by atoms with Crippen molar-refractivity contribution in [2.75, 3.05) is 25.4 Å². The third-order valence-corrected chi connectivity index (χ3v) is 5.78. The molecule has 1 spiro atoms. The molecule has 3 rings (SSSR count). The molecule has 2 aliphatic rings. The molecule has 0 unspecified atom stereocenters. The van der Waals surface area contributed by atoms with Crippen molar-refractivity contribution in [2.24, 2.45) is 0 Å². The van der Waals surface area contributed by atoms with Crippen LogP contribution in [0, 0.1) is 0 Å². The number of ether oxygens (including phenoxy) is 1. The number of carbonyl (C=O) groups is 1. The van der Waals surface area contributed by atoms with Crippen molar-refractivity contribution in [1.82, 2.24) is 4.90 Å². The van der Waals surface area contributed by atoms with E-state index in [-0.39, 0.29) is 10.8 Å². The number of rotatable bonds is 2. The first kappa shape index (κ1) is 12.5. The molecule has 18 heavy (non-hydrogen) atoms. The van der Waals surface area contributed by atoms with Crippen LogP contribution in [0.15, 0.2) is 16.8 Å². The molecule has 2 aliphatic heterocycles. The molecule has 0 bridgehead atoms. The molecular formula is C13H17NO2S2. The second-order valence-electron chi connectivity index (χ2n) is 4.80. The van der Waals surface area contributed by atoms with Gasteiger partial charge in [0.2, 0.25) is 5.91 Å². The molecule has 2 fully saturated rings. The molecule has 2 saturated heterocycles. The molecule has 1 aromatic heterocycles. The summed E-state index contributed by atoms with van der Waals surface area (Å²) >= 11 is 3.58. The standard InChI is InChI=1S/C13H17NO2S2/c15-12(9-11-1-7-17-10-11)14-4-2-13(3-5-14)16-6-8-18-13/h1,7,10H,2-6,8-9H2. The second kappa shape index (κ2) is 5.23. The van der Waals surface area contributed by atoms with Gasteiger partial charge in [0, 0.05) is 31.7 Å². The third kappa shape index (κ3) is 2.58. The molecule has 0 aliphatic carbocycles. The highest BCUT2D eigenvalue weighted by Gasteiger charge is 2.40. The van der Waals surface area contributed by atoms with Crippen molar-refractivity contribution in [3.63, 3.8) is 0 Å². The Morgan fingerprint density at radius 1 is 1.44 bits per heavy atom. The summed E-state index contributed by atoms with van der Waals surface area (Å²) in [6.45, 7) is 2.56. The van der Waals surface area contributed by atoms with Crippen molar-refractivity contribution in [2.45, 2.75) is 24.2 Å². The first-order valence-electron chi connectivity index (χ1n) is 6.34. The molecule has 0 atom stereocenters. The lowest BCUT2D eigenvalue weighted by molar-refractivity contribution is -0.133. The quantitative estimate of drug-likeness (QED) is 0.834. The van der Waals surface area contributed by atoms with Gasteiger partial charge < -0.3 is 9.64 Å². The minimum Gasteiger partial charge on any atom is -0.363 e. The van der Waals surface area contributed by atoms with Gasteiger partial charge in [-0.15, -0.1) is 11.8 Å². The number of thiophene rings is 1. The first-order valence-corrected chi connectivity index (χ1v) is 8.27. The van der Waals surface area contributed by atoms with E-state index in [1.807, 2.05) is 28.1 Å². The Balaban J connectivity index is 1.54. The Labute approximate surface area is 116 Å². The maximum Gasteiger partial charge on any atom is 0.227 e. The summed E-state index contributed by atoms with van der Waals surface area (Å²) in [7, 11) is 0. The van der Waals surface area contributed by atoms with E-state index in [9.17, 15) is 4.79 Å². The Kier molecular flexibility index (Phi) is 3.63. The molecule has 3 nitrogen and oxygen atoms in total. The van der Waals surface area contributed by atoms with Gasteiger partial charge in [-0.3, -0.25) is 4.79 Å². The molecule has 0 aromatic carbocycles. The fourth-order valence-electron chi connectivity index (χ4n) is 2.56. The predicted molar refractivity (Wildman–Crippen MR) is 75.0 cm³/mol. The van der Waals surface area contributed by atoms with Crippen LogP contribution in [0.25, 0.3) is 0 Å². The Bertz CT molecular complexity index is 403. The molecule has 3 heterocycles. The average Bonchev–Trinajstić information content (AvgIpc) is 3.03. The van der Waals surface area contributed by atoms with E-state index in [0.29, 0.717) is 6.42 Å². The van der Waals surface area contributed by atoms with E-state index >= 15 is 0 Å². The van der Waals surface area contributed by atoms with E-state index in [2.05, 4.69) is 5.38 Å². The van der Waals surface area contributed by atoms with Crippen molar-refractivity contribution < 1.29 is 9.53 Å². The van der Waals surface area contributed by atoms with Gasteiger partial charge in [0.1, 0.15) is 4.93 Å². The molecule has 0 radical (unpaired) electrons. The molecule has 1 aromatic rings. The number of hydrogen-bond acceptors (Lipinski definition) is 4. The van der Waals surface area contributed by atoms with Crippen LogP contribution in [0.3, 0.4) is 0 Å². The summed E-state index contributed by atoms with van der Waals surface area (Å²) in [6.07, 6.45) is 2.50. The van der Waals surface area contributed by atoms with Crippen LogP contribution in [0.2, 0.25) is 0 Å². The molecule has 5 heteroatoms. The first-order chi connectivity index (χ1) is 8.77. The highest BCUT2D eigenvalue weighted by Crippen LogP contribution is 2.41. The number of likely N-dealkylation sites (tertiary alicyclic amines) is 1. The lowest BCUT2D eigenvalue weighted by Crippen LogP contribution is -2.45. The second-order valence-corrected chi connectivity index (χ2v) is 7.02. The maximum atomic E-state index is 12.2. The summed E-state index contributed by atoms with van der Waals surface area (Å²) in [5.41, 5.74) is 1.14. The topological polar surface area (TPSA) is 29.5 Å². The van der Waals surface area contributed by atoms with E-state index in [1.165, 1.54) is 0 Å². The zero-order chi connectivity index (χ0) is 12.4. The van der Waals surface area contributed by atoms with E-state index in [1.54, 1.807) is 11.3 Å². The van der Waals surface area contributed by atoms with Gasteiger partial charge in [0.05, 0.1) is 13.0 Å². The lowest BCUT2D eigenvalue weighted by Gasteiger charge is -2.37. The van der Waals surface area contributed by atoms with Gasteiger partial charge in [0.25, 0.3) is 0 Å². The summed E-state index contributed by atoms with van der Waals surface area (Å²) in [6, 6.07) is 2.03. The van der Waals surface area contributed by atoms with Crippen LogP contribution in [0.5, 0.6) is 0 Å². The molecule has 0 saturated carbocycles. The van der Waals surface area contributed by atoms with Gasteiger partial charge >= 0.3 is 0 Å². The highest BCUT2D eigenvalue weighted by molar-refractivity contribution is 8.00. The van der Waals surface area contributed by atoms with Crippen molar-refractivity contribution in [3.05, 3.63) is 22.4 Å². The Morgan fingerprint density at radius 3 is 2.89 bits per heavy atom. The van der Waals surface area contributed by atoms with Crippen LogP contribution in [0.4, 0.5) is 0 Å². The highest BCUT2D eigenvalue weighted by atomic mass is 32.2. The molecule has 0 N–H and O–H groups in total. The summed E-state index contributed by atoms with van der Waals surface area (Å²) in [5.74, 6) is 1.36. The SMILES string of the molecule is O=C(Cc1ccsc1)N1CCC2(CC1)OCCS2. The minimum absolute atomic E-state index is 0.0269. The van der Waals surface area contributed by atoms with Gasteiger partial charge in [0.15, 0.2) is 0 Å². The van der Waals surface area contributed by atoms with Gasteiger partial charge in [-0.1, -0.05) is 0 Å². The van der Waals surface area contributed by atoms with Crippen LogP contribution < -0.4 is 0 Å². The van der Waals surface area contributed by atoms with Gasteiger partial charge in [-0.05, 0) is 22.4 Å². The number of thioether (sulfide) groups is 1. The largest absolute Gasteiger partial charge is 0.363 e. The zero-order valence-electron chi connectivity index (χ0n) is 10.3. The average molecular weight is 283 g/mol.